The quantitative estimate of drug-likeness (QED) is 0.194. The fourth-order valence-electron chi connectivity index (χ4n) is 13.2. The zero-order valence-electron chi connectivity index (χ0n) is 31.2. The summed E-state index contributed by atoms with van der Waals surface area (Å²) in [5.41, 5.74) is 0.425. The van der Waals surface area contributed by atoms with E-state index in [1.807, 2.05) is 0 Å². The molecule has 4 aliphatic heterocycles. The molecule has 4 saturated carbocycles. The van der Waals surface area contributed by atoms with Gasteiger partial charge in [0.15, 0.2) is 18.4 Å². The highest BCUT2D eigenvalue weighted by atomic mass is 16.8. The van der Waals surface area contributed by atoms with Crippen LogP contribution in [0.4, 0.5) is 0 Å². The van der Waals surface area contributed by atoms with Crippen LogP contribution in [0.15, 0.2) is 0 Å². The average molecular weight is 741 g/mol. The Labute approximate surface area is 307 Å². The van der Waals surface area contributed by atoms with Gasteiger partial charge in [-0.2, -0.15) is 0 Å². The van der Waals surface area contributed by atoms with Gasteiger partial charge in [-0.25, -0.2) is 0 Å². The van der Waals surface area contributed by atoms with Crippen molar-refractivity contribution in [3.8, 4) is 0 Å². The number of aliphatic hydroxyl groups is 7. The van der Waals surface area contributed by atoms with E-state index in [9.17, 15) is 35.7 Å². The molecule has 22 atom stereocenters. The van der Waals surface area contributed by atoms with Crippen LogP contribution >= 0.6 is 0 Å². The number of hydrogen-bond acceptors (Lipinski definition) is 13. The summed E-state index contributed by atoms with van der Waals surface area (Å²) in [5, 5.41) is 72.7. The molecule has 4 aliphatic carbocycles. The number of hydrogen-bond donors (Lipinski definition) is 7. The van der Waals surface area contributed by atoms with Crippen molar-refractivity contribution in [2.75, 3.05) is 19.8 Å². The van der Waals surface area contributed by atoms with E-state index in [2.05, 4.69) is 27.7 Å². The van der Waals surface area contributed by atoms with Crippen molar-refractivity contribution in [2.24, 2.45) is 52.3 Å². The highest BCUT2D eigenvalue weighted by molar-refractivity contribution is 5.15. The van der Waals surface area contributed by atoms with E-state index in [4.69, 9.17) is 28.4 Å². The van der Waals surface area contributed by atoms with Crippen molar-refractivity contribution in [1.29, 1.82) is 0 Å². The molecule has 13 nitrogen and oxygen atoms in total. The van der Waals surface area contributed by atoms with E-state index < -0.39 is 80.4 Å². The Morgan fingerprint density at radius 1 is 0.673 bits per heavy atom. The second-order valence-corrected chi connectivity index (χ2v) is 18.7. The maximum Gasteiger partial charge on any atom is 0.187 e. The smallest absolute Gasteiger partial charge is 0.187 e. The van der Waals surface area contributed by atoms with E-state index in [0.29, 0.717) is 41.4 Å². The molecule has 0 radical (unpaired) electrons. The summed E-state index contributed by atoms with van der Waals surface area (Å²) in [6.07, 6.45) is -3.88. The SMILES string of the molecule is C[C@H]1CC[C@@]2(OC1)O[C@H]1C[C@H]3[C@@H]4CC[C@@H]5C[C@@H](O[C@@H]6O[C@H](CO)[C@H](O)[C@H](O)[C@H]6O[C@@H]6O[C@H](CO)[C@@H](O)[C@H](O)[C@@H]6O)CC[C@]5(C)[C@H]4CC[C@]3(C)[C@H]1[C@@H]2C. The lowest BCUT2D eigenvalue weighted by atomic mass is 9.44. The van der Waals surface area contributed by atoms with Crippen molar-refractivity contribution < 1.29 is 64.2 Å². The minimum Gasteiger partial charge on any atom is -0.394 e. The van der Waals surface area contributed by atoms with Gasteiger partial charge < -0.3 is 64.2 Å². The third kappa shape index (κ3) is 5.98. The standard InChI is InChI=1S/C39H64O13/c1-18-7-12-39(47-17-18)19(2)28-25(52-39)14-24-22-6-5-20-13-21(8-10-37(20,3)23(22)9-11-38(24,28)4)48-36-34(32(45)30(43)27(16-41)50-36)51-35-33(46)31(44)29(42)26(15-40)49-35/h18-36,40-46H,5-17H2,1-4H3/t18-,19-,20+,21-,22+,23-,24-,25-,26+,27+,28-,29+,30-,31-,32-,33-,34+,35-,36+,37-,38-,39+/m0/s1. The topological polar surface area (TPSA) is 197 Å². The van der Waals surface area contributed by atoms with E-state index in [0.717, 1.165) is 45.1 Å². The first-order valence-electron chi connectivity index (χ1n) is 20.3. The number of ether oxygens (including phenoxy) is 6. The van der Waals surface area contributed by atoms with Gasteiger partial charge in [0, 0.05) is 12.3 Å². The van der Waals surface area contributed by atoms with Gasteiger partial charge in [-0.15, -0.1) is 0 Å². The Morgan fingerprint density at radius 3 is 2.06 bits per heavy atom. The molecule has 52 heavy (non-hydrogen) atoms. The molecule has 8 fully saturated rings. The highest BCUT2D eigenvalue weighted by Gasteiger charge is 2.69. The maximum absolute atomic E-state index is 11.1. The molecule has 4 saturated heterocycles. The van der Waals surface area contributed by atoms with Crippen LogP contribution in [0.1, 0.15) is 91.9 Å². The fraction of sp³-hybridized carbons (Fsp3) is 1.00. The Morgan fingerprint density at radius 2 is 1.37 bits per heavy atom. The van der Waals surface area contributed by atoms with Crippen molar-refractivity contribution in [3.05, 3.63) is 0 Å². The molecule has 8 rings (SSSR count). The average Bonchev–Trinajstić information content (AvgIpc) is 3.58. The van der Waals surface area contributed by atoms with Crippen LogP contribution in [0.25, 0.3) is 0 Å². The minimum absolute atomic E-state index is 0.168. The molecule has 4 heterocycles. The molecule has 0 aromatic rings. The molecule has 13 heteroatoms. The third-order valence-corrected chi connectivity index (χ3v) is 16.2. The van der Waals surface area contributed by atoms with Gasteiger partial charge in [0.1, 0.15) is 48.8 Å². The second kappa shape index (κ2) is 14.1. The summed E-state index contributed by atoms with van der Waals surface area (Å²) < 4.78 is 37.5. The van der Waals surface area contributed by atoms with Gasteiger partial charge >= 0.3 is 0 Å². The predicted molar refractivity (Wildman–Crippen MR) is 183 cm³/mol. The second-order valence-electron chi connectivity index (χ2n) is 18.7. The molecule has 298 valence electrons. The van der Waals surface area contributed by atoms with Crippen molar-refractivity contribution >= 4 is 0 Å². The number of fused-ring (bicyclic) bond motifs is 7. The largest absolute Gasteiger partial charge is 0.394 e. The van der Waals surface area contributed by atoms with Crippen LogP contribution in [0.5, 0.6) is 0 Å². The summed E-state index contributed by atoms with van der Waals surface area (Å²) in [5.74, 6) is 3.51. The van der Waals surface area contributed by atoms with E-state index in [1.165, 1.54) is 25.7 Å². The van der Waals surface area contributed by atoms with E-state index in [1.54, 1.807) is 0 Å². The van der Waals surface area contributed by atoms with E-state index in [-0.39, 0.29) is 23.0 Å². The Balaban J connectivity index is 0.942. The lowest BCUT2D eigenvalue weighted by Crippen LogP contribution is -2.65. The molecular formula is C39H64O13. The summed E-state index contributed by atoms with van der Waals surface area (Å²) in [7, 11) is 0. The highest BCUT2D eigenvalue weighted by Crippen LogP contribution is 2.71. The van der Waals surface area contributed by atoms with Gasteiger partial charge in [0.05, 0.1) is 32.0 Å². The normalized spacial score (nSPS) is 59.0. The Kier molecular flexibility index (Phi) is 10.4. The van der Waals surface area contributed by atoms with Crippen LogP contribution in [0.2, 0.25) is 0 Å². The van der Waals surface area contributed by atoms with Gasteiger partial charge in [-0.05, 0) is 104 Å². The van der Waals surface area contributed by atoms with Crippen LogP contribution in [0.3, 0.4) is 0 Å². The van der Waals surface area contributed by atoms with E-state index >= 15 is 0 Å². The molecule has 0 aromatic carbocycles. The van der Waals surface area contributed by atoms with Crippen molar-refractivity contribution in [3.63, 3.8) is 0 Å². The predicted octanol–water partition coefficient (Wildman–Crippen LogP) is 1.44. The van der Waals surface area contributed by atoms with Crippen LogP contribution in [-0.4, -0.2) is 135 Å². The molecule has 0 amide bonds. The molecule has 0 aromatic heterocycles. The zero-order valence-corrected chi connectivity index (χ0v) is 31.2. The van der Waals surface area contributed by atoms with Gasteiger partial charge in [-0.1, -0.05) is 27.7 Å². The van der Waals surface area contributed by atoms with Gasteiger partial charge in [-0.3, -0.25) is 0 Å². The van der Waals surface area contributed by atoms with Gasteiger partial charge in [0.25, 0.3) is 0 Å². The van der Waals surface area contributed by atoms with Crippen LogP contribution in [0, 0.1) is 52.3 Å². The van der Waals surface area contributed by atoms with Crippen LogP contribution in [-0.2, 0) is 28.4 Å². The monoisotopic (exact) mass is 740 g/mol. The molecule has 8 aliphatic rings. The third-order valence-electron chi connectivity index (χ3n) is 16.2. The minimum atomic E-state index is -1.71. The first kappa shape index (κ1) is 38.4. The lowest BCUT2D eigenvalue weighted by Gasteiger charge is -2.61. The summed E-state index contributed by atoms with van der Waals surface area (Å²) >= 11 is 0. The number of rotatable bonds is 6. The molecule has 7 N–H and O–H groups in total. The number of aliphatic hydroxyl groups excluding tert-OH is 7. The Bertz CT molecular complexity index is 1260. The molecule has 0 unspecified atom stereocenters. The first-order valence-corrected chi connectivity index (χ1v) is 20.3. The van der Waals surface area contributed by atoms with Crippen molar-refractivity contribution in [1.82, 2.24) is 0 Å². The molecular weight excluding hydrogens is 676 g/mol. The summed E-state index contributed by atoms with van der Waals surface area (Å²) in [6, 6.07) is 0. The maximum atomic E-state index is 11.1. The Hall–Kier alpha value is -0.520. The molecule has 1 spiro atoms. The lowest BCUT2D eigenvalue weighted by molar-refractivity contribution is -0.373. The summed E-state index contributed by atoms with van der Waals surface area (Å²) in [4.78, 5) is 0. The van der Waals surface area contributed by atoms with Crippen molar-refractivity contribution in [2.45, 2.75) is 171 Å². The van der Waals surface area contributed by atoms with Crippen LogP contribution < -0.4 is 0 Å². The zero-order chi connectivity index (χ0) is 36.9. The molecule has 0 bridgehead atoms. The van der Waals surface area contributed by atoms with Gasteiger partial charge in [0.2, 0.25) is 0 Å². The fourth-order valence-corrected chi connectivity index (χ4v) is 13.2. The summed E-state index contributed by atoms with van der Waals surface area (Å²) in [6.45, 7) is 9.33. The first-order chi connectivity index (χ1) is 24.7.